The first kappa shape index (κ1) is 19.1. The third kappa shape index (κ3) is 4.89. The minimum Gasteiger partial charge on any atom is -0.461 e. The number of ether oxygens (including phenoxy) is 1. The standard InChI is InChI=1S/C17H27N3O2S2/c1-6-22-15(21)14-18-12-7-8-20(10-13(12)24-14)16(23)19-17(4,5)9-11(2)3/h11H,6-10H2,1-5H3,(H,19,23). The van der Waals surface area contributed by atoms with Crippen molar-refractivity contribution in [3.8, 4) is 0 Å². The number of rotatable bonds is 5. The molecule has 0 aliphatic carbocycles. The molecule has 0 radical (unpaired) electrons. The first-order chi connectivity index (χ1) is 11.2. The fourth-order valence-corrected chi connectivity index (χ4v) is 4.54. The number of carbonyl (C=O) groups excluding carboxylic acids is 1. The maximum Gasteiger partial charge on any atom is 0.367 e. The Bertz CT molecular complexity index is 611. The van der Waals surface area contributed by atoms with Crippen LogP contribution in [0.2, 0.25) is 0 Å². The second kappa shape index (κ2) is 7.78. The Labute approximate surface area is 153 Å². The van der Waals surface area contributed by atoms with Gasteiger partial charge in [-0.05, 0) is 45.3 Å². The van der Waals surface area contributed by atoms with E-state index in [0.717, 1.165) is 35.1 Å². The first-order valence-corrected chi connectivity index (χ1v) is 9.67. The number of thiazole rings is 1. The summed E-state index contributed by atoms with van der Waals surface area (Å²) in [5, 5.41) is 4.71. The summed E-state index contributed by atoms with van der Waals surface area (Å²) in [4.78, 5) is 19.5. The average molecular weight is 370 g/mol. The van der Waals surface area contributed by atoms with E-state index in [-0.39, 0.29) is 11.5 Å². The lowest BCUT2D eigenvalue weighted by Gasteiger charge is -2.35. The van der Waals surface area contributed by atoms with Crippen LogP contribution >= 0.6 is 23.6 Å². The van der Waals surface area contributed by atoms with Crippen LogP contribution in [0.4, 0.5) is 0 Å². The Morgan fingerprint density at radius 2 is 2.21 bits per heavy atom. The molecule has 0 saturated heterocycles. The summed E-state index contributed by atoms with van der Waals surface area (Å²) in [6.07, 6.45) is 1.86. The van der Waals surface area contributed by atoms with E-state index in [4.69, 9.17) is 17.0 Å². The van der Waals surface area contributed by atoms with Gasteiger partial charge in [0.2, 0.25) is 5.01 Å². The molecule has 1 aliphatic rings. The molecule has 1 aliphatic heterocycles. The van der Waals surface area contributed by atoms with Crippen molar-refractivity contribution >= 4 is 34.6 Å². The molecule has 0 spiro atoms. The minimum absolute atomic E-state index is 0.0324. The highest BCUT2D eigenvalue weighted by atomic mass is 32.1. The number of carbonyl (C=O) groups is 1. The van der Waals surface area contributed by atoms with Crippen LogP contribution in [-0.2, 0) is 17.7 Å². The molecule has 0 saturated carbocycles. The molecule has 7 heteroatoms. The first-order valence-electron chi connectivity index (χ1n) is 8.44. The van der Waals surface area contributed by atoms with Crippen LogP contribution in [0.15, 0.2) is 0 Å². The van der Waals surface area contributed by atoms with Crippen LogP contribution in [-0.4, -0.2) is 39.7 Å². The zero-order chi connectivity index (χ0) is 17.9. The average Bonchev–Trinajstić information content (AvgIpc) is 2.88. The van der Waals surface area contributed by atoms with Gasteiger partial charge in [0.25, 0.3) is 0 Å². The summed E-state index contributed by atoms with van der Waals surface area (Å²) in [6, 6.07) is 0. The SMILES string of the molecule is CCOC(=O)c1nc2c(s1)CN(C(=S)NC(C)(C)CC(C)C)CC2. The second-order valence-corrected chi connectivity index (χ2v) is 8.66. The second-order valence-electron chi connectivity index (χ2n) is 7.19. The lowest BCUT2D eigenvalue weighted by atomic mass is 9.93. The molecule has 0 unspecified atom stereocenters. The molecule has 2 rings (SSSR count). The van der Waals surface area contributed by atoms with Crippen molar-refractivity contribution in [2.24, 2.45) is 5.92 Å². The Morgan fingerprint density at radius 3 is 2.83 bits per heavy atom. The van der Waals surface area contributed by atoms with E-state index in [0.29, 0.717) is 24.1 Å². The number of hydrogen-bond donors (Lipinski definition) is 1. The highest BCUT2D eigenvalue weighted by Crippen LogP contribution is 2.26. The van der Waals surface area contributed by atoms with E-state index in [1.54, 1.807) is 6.92 Å². The molecule has 0 amide bonds. The summed E-state index contributed by atoms with van der Waals surface area (Å²) in [5.41, 5.74) is 0.971. The van der Waals surface area contributed by atoms with Crippen molar-refractivity contribution in [2.45, 2.75) is 59.5 Å². The number of nitrogens with zero attached hydrogens (tertiary/aromatic N) is 2. The van der Waals surface area contributed by atoms with Gasteiger partial charge in [0.15, 0.2) is 5.11 Å². The molecule has 0 atom stereocenters. The van der Waals surface area contributed by atoms with Gasteiger partial charge in [0, 0.05) is 23.4 Å². The molecule has 1 aromatic heterocycles. The van der Waals surface area contributed by atoms with Gasteiger partial charge < -0.3 is 15.0 Å². The third-order valence-corrected chi connectivity index (χ3v) is 5.26. The number of nitrogens with one attached hydrogen (secondary N) is 1. The molecular formula is C17H27N3O2S2. The van der Waals surface area contributed by atoms with Crippen molar-refractivity contribution in [2.75, 3.05) is 13.2 Å². The molecule has 1 aromatic rings. The molecule has 2 heterocycles. The summed E-state index contributed by atoms with van der Waals surface area (Å²) >= 11 is 7.03. The third-order valence-electron chi connectivity index (χ3n) is 3.83. The van der Waals surface area contributed by atoms with Gasteiger partial charge in [-0.15, -0.1) is 11.3 Å². The fourth-order valence-electron chi connectivity index (χ4n) is 3.09. The highest BCUT2D eigenvalue weighted by Gasteiger charge is 2.27. The molecule has 24 heavy (non-hydrogen) atoms. The number of aromatic nitrogens is 1. The normalized spacial score (nSPS) is 14.5. The predicted molar refractivity (Wildman–Crippen MR) is 101 cm³/mol. The van der Waals surface area contributed by atoms with Gasteiger partial charge in [0.05, 0.1) is 18.8 Å². The Morgan fingerprint density at radius 1 is 1.50 bits per heavy atom. The fraction of sp³-hybridized carbons (Fsp3) is 0.706. The van der Waals surface area contributed by atoms with Gasteiger partial charge in [-0.2, -0.15) is 0 Å². The summed E-state index contributed by atoms with van der Waals surface area (Å²) in [7, 11) is 0. The molecule has 1 N–H and O–H groups in total. The summed E-state index contributed by atoms with van der Waals surface area (Å²) in [6.45, 7) is 12.5. The zero-order valence-corrected chi connectivity index (χ0v) is 16.8. The molecular weight excluding hydrogens is 342 g/mol. The molecule has 0 fully saturated rings. The van der Waals surface area contributed by atoms with Gasteiger partial charge in [0.1, 0.15) is 0 Å². The van der Waals surface area contributed by atoms with Gasteiger partial charge in [-0.3, -0.25) is 0 Å². The molecule has 134 valence electrons. The lowest BCUT2D eigenvalue weighted by molar-refractivity contribution is 0.0525. The van der Waals surface area contributed by atoms with E-state index in [9.17, 15) is 4.79 Å². The minimum atomic E-state index is -0.331. The van der Waals surface area contributed by atoms with Crippen LogP contribution in [0, 0.1) is 5.92 Å². The number of thiocarbonyl (C=S) groups is 1. The van der Waals surface area contributed by atoms with E-state index < -0.39 is 0 Å². The Kier molecular flexibility index (Phi) is 6.20. The molecule has 5 nitrogen and oxygen atoms in total. The Hall–Kier alpha value is -1.21. The van der Waals surface area contributed by atoms with Crippen molar-refractivity contribution in [3.63, 3.8) is 0 Å². The van der Waals surface area contributed by atoms with E-state index in [2.05, 4.69) is 42.9 Å². The Balaban J connectivity index is 2.01. The van der Waals surface area contributed by atoms with Crippen molar-refractivity contribution in [3.05, 3.63) is 15.6 Å². The van der Waals surface area contributed by atoms with Crippen LogP contribution in [0.25, 0.3) is 0 Å². The largest absolute Gasteiger partial charge is 0.461 e. The quantitative estimate of drug-likeness (QED) is 0.634. The lowest BCUT2D eigenvalue weighted by Crippen LogP contribution is -2.51. The maximum atomic E-state index is 11.8. The van der Waals surface area contributed by atoms with Crippen molar-refractivity contribution < 1.29 is 9.53 Å². The van der Waals surface area contributed by atoms with E-state index in [1.165, 1.54) is 11.3 Å². The van der Waals surface area contributed by atoms with E-state index in [1.807, 2.05) is 0 Å². The maximum absolute atomic E-state index is 11.8. The molecule has 0 aromatic carbocycles. The van der Waals surface area contributed by atoms with E-state index >= 15 is 0 Å². The van der Waals surface area contributed by atoms with Crippen molar-refractivity contribution in [1.29, 1.82) is 0 Å². The van der Waals surface area contributed by atoms with Crippen LogP contribution < -0.4 is 5.32 Å². The number of esters is 1. The van der Waals surface area contributed by atoms with Crippen LogP contribution in [0.3, 0.4) is 0 Å². The summed E-state index contributed by atoms with van der Waals surface area (Å²) in [5.74, 6) is 0.277. The van der Waals surface area contributed by atoms with Crippen molar-refractivity contribution in [1.82, 2.24) is 15.2 Å². The van der Waals surface area contributed by atoms with Gasteiger partial charge in [-0.1, -0.05) is 13.8 Å². The topological polar surface area (TPSA) is 54.5 Å². The number of hydrogen-bond acceptors (Lipinski definition) is 5. The predicted octanol–water partition coefficient (Wildman–Crippen LogP) is 3.38. The number of fused-ring (bicyclic) bond motifs is 1. The van der Waals surface area contributed by atoms with Gasteiger partial charge >= 0.3 is 5.97 Å². The van der Waals surface area contributed by atoms with Crippen LogP contribution in [0.1, 0.15) is 61.4 Å². The van der Waals surface area contributed by atoms with Crippen LogP contribution in [0.5, 0.6) is 0 Å². The summed E-state index contributed by atoms with van der Waals surface area (Å²) < 4.78 is 5.04. The highest BCUT2D eigenvalue weighted by molar-refractivity contribution is 7.80. The molecule has 0 bridgehead atoms. The monoisotopic (exact) mass is 369 g/mol. The van der Waals surface area contributed by atoms with Gasteiger partial charge in [-0.25, -0.2) is 9.78 Å². The smallest absolute Gasteiger partial charge is 0.367 e. The zero-order valence-electron chi connectivity index (χ0n) is 15.1.